The topological polar surface area (TPSA) is 71.3 Å². The molecule has 0 fully saturated rings. The number of fused-ring (bicyclic) bond motifs is 3. The fourth-order valence-corrected chi connectivity index (χ4v) is 3.98. The standard InChI is InChI=1S/C25H24N2O3/c1-15-10-16(2)25(17(3)11-15)27-23(29)13-26-22(28)12-19-14-30-21-9-8-18-6-4-5-7-20(18)24(19)21/h4-11,14H,12-13H2,1-3H3,(H,26,28)(H,27,29). The number of hydrogen-bond donors (Lipinski definition) is 2. The summed E-state index contributed by atoms with van der Waals surface area (Å²) in [5.41, 5.74) is 5.51. The number of carbonyl (C=O) groups excluding carboxylic acids is 2. The molecule has 0 unspecified atom stereocenters. The first kappa shape index (κ1) is 19.7. The first-order chi connectivity index (χ1) is 14.4. The molecule has 0 aliphatic heterocycles. The summed E-state index contributed by atoms with van der Waals surface area (Å²) in [4.78, 5) is 24.8. The molecule has 0 atom stereocenters. The largest absolute Gasteiger partial charge is 0.464 e. The van der Waals surface area contributed by atoms with E-state index in [1.165, 1.54) is 0 Å². The third kappa shape index (κ3) is 3.92. The summed E-state index contributed by atoms with van der Waals surface area (Å²) in [6.07, 6.45) is 1.77. The maximum Gasteiger partial charge on any atom is 0.243 e. The minimum atomic E-state index is -0.249. The Balaban J connectivity index is 1.43. The van der Waals surface area contributed by atoms with Crippen molar-refractivity contribution >= 4 is 39.2 Å². The van der Waals surface area contributed by atoms with Crippen LogP contribution in [-0.2, 0) is 16.0 Å². The van der Waals surface area contributed by atoms with E-state index >= 15 is 0 Å². The lowest BCUT2D eigenvalue weighted by Crippen LogP contribution is -2.34. The molecular weight excluding hydrogens is 376 g/mol. The van der Waals surface area contributed by atoms with E-state index < -0.39 is 0 Å². The molecule has 0 saturated heterocycles. The molecule has 0 spiro atoms. The Morgan fingerprint density at radius 3 is 2.43 bits per heavy atom. The SMILES string of the molecule is Cc1cc(C)c(NC(=O)CNC(=O)Cc2coc3ccc4ccccc4c23)c(C)c1. The predicted molar refractivity (Wildman–Crippen MR) is 120 cm³/mol. The van der Waals surface area contributed by atoms with E-state index in [9.17, 15) is 9.59 Å². The zero-order valence-corrected chi connectivity index (χ0v) is 17.3. The molecule has 0 aliphatic carbocycles. The van der Waals surface area contributed by atoms with Crippen molar-refractivity contribution < 1.29 is 14.0 Å². The van der Waals surface area contributed by atoms with Gasteiger partial charge in [0, 0.05) is 16.6 Å². The van der Waals surface area contributed by atoms with Gasteiger partial charge in [-0.25, -0.2) is 0 Å². The summed E-state index contributed by atoms with van der Waals surface area (Å²) in [6.45, 7) is 5.86. The first-order valence-electron chi connectivity index (χ1n) is 9.94. The third-order valence-corrected chi connectivity index (χ3v) is 5.28. The Labute approximate surface area is 175 Å². The summed E-state index contributed by atoms with van der Waals surface area (Å²) >= 11 is 0. The molecule has 3 aromatic carbocycles. The summed E-state index contributed by atoms with van der Waals surface area (Å²) in [5, 5.41) is 8.70. The Morgan fingerprint density at radius 1 is 0.933 bits per heavy atom. The lowest BCUT2D eigenvalue weighted by Gasteiger charge is -2.13. The van der Waals surface area contributed by atoms with Crippen molar-refractivity contribution in [3.63, 3.8) is 0 Å². The Morgan fingerprint density at radius 2 is 1.67 bits per heavy atom. The molecule has 4 aromatic rings. The van der Waals surface area contributed by atoms with Gasteiger partial charge in [-0.05, 0) is 48.7 Å². The smallest absolute Gasteiger partial charge is 0.243 e. The maximum atomic E-state index is 12.5. The fourth-order valence-electron chi connectivity index (χ4n) is 3.98. The number of nitrogens with one attached hydrogen (secondary N) is 2. The highest BCUT2D eigenvalue weighted by Gasteiger charge is 2.14. The first-order valence-corrected chi connectivity index (χ1v) is 9.94. The Bertz CT molecular complexity index is 1250. The van der Waals surface area contributed by atoms with Crippen LogP contribution >= 0.6 is 0 Å². The van der Waals surface area contributed by atoms with Crippen LogP contribution in [-0.4, -0.2) is 18.4 Å². The van der Waals surface area contributed by atoms with Crippen molar-refractivity contribution in [3.05, 3.63) is 77.0 Å². The molecule has 1 aromatic heterocycles. The summed E-state index contributed by atoms with van der Waals surface area (Å²) in [7, 11) is 0. The van der Waals surface area contributed by atoms with E-state index in [0.29, 0.717) is 0 Å². The molecule has 5 nitrogen and oxygen atoms in total. The van der Waals surface area contributed by atoms with Gasteiger partial charge in [0.25, 0.3) is 0 Å². The van der Waals surface area contributed by atoms with Crippen LogP contribution in [0.25, 0.3) is 21.7 Å². The second-order valence-corrected chi connectivity index (χ2v) is 7.70. The van der Waals surface area contributed by atoms with Gasteiger partial charge < -0.3 is 15.1 Å². The molecular formula is C25H24N2O3. The molecule has 0 saturated carbocycles. The monoisotopic (exact) mass is 400 g/mol. The van der Waals surface area contributed by atoms with Crippen molar-refractivity contribution in [2.45, 2.75) is 27.2 Å². The number of furan rings is 1. The lowest BCUT2D eigenvalue weighted by atomic mass is 10.0. The number of aryl methyl sites for hydroxylation is 3. The minimum Gasteiger partial charge on any atom is -0.464 e. The van der Waals surface area contributed by atoms with E-state index in [4.69, 9.17) is 4.42 Å². The van der Waals surface area contributed by atoms with E-state index in [1.54, 1.807) is 6.26 Å². The second-order valence-electron chi connectivity index (χ2n) is 7.70. The summed E-state index contributed by atoms with van der Waals surface area (Å²) < 4.78 is 5.64. The molecule has 5 heteroatoms. The number of hydrogen-bond acceptors (Lipinski definition) is 3. The van der Waals surface area contributed by atoms with Crippen molar-refractivity contribution in [1.29, 1.82) is 0 Å². The number of rotatable bonds is 5. The van der Waals surface area contributed by atoms with Crippen LogP contribution in [0.1, 0.15) is 22.3 Å². The van der Waals surface area contributed by atoms with Crippen molar-refractivity contribution in [2.24, 2.45) is 0 Å². The highest BCUT2D eigenvalue weighted by Crippen LogP contribution is 2.30. The van der Waals surface area contributed by atoms with Crippen LogP contribution in [0.15, 0.2) is 59.2 Å². The van der Waals surface area contributed by atoms with Crippen LogP contribution in [0.2, 0.25) is 0 Å². The van der Waals surface area contributed by atoms with Crippen LogP contribution in [0.4, 0.5) is 5.69 Å². The van der Waals surface area contributed by atoms with Crippen LogP contribution < -0.4 is 10.6 Å². The number of benzene rings is 3. The summed E-state index contributed by atoms with van der Waals surface area (Å²) in [5.74, 6) is -0.473. The molecule has 0 bridgehead atoms. The van der Waals surface area contributed by atoms with Crippen molar-refractivity contribution in [2.75, 3.05) is 11.9 Å². The zero-order valence-electron chi connectivity index (χ0n) is 17.3. The normalized spacial score (nSPS) is 11.0. The van der Waals surface area contributed by atoms with Crippen molar-refractivity contribution in [3.8, 4) is 0 Å². The van der Waals surface area contributed by atoms with E-state index in [2.05, 4.69) is 10.6 Å². The van der Waals surface area contributed by atoms with Crippen LogP contribution in [0.5, 0.6) is 0 Å². The van der Waals surface area contributed by atoms with Gasteiger partial charge in [0.05, 0.1) is 19.2 Å². The molecule has 152 valence electrons. The van der Waals surface area contributed by atoms with E-state index in [1.807, 2.05) is 69.3 Å². The van der Waals surface area contributed by atoms with E-state index in [-0.39, 0.29) is 24.8 Å². The van der Waals surface area contributed by atoms with Crippen LogP contribution in [0, 0.1) is 20.8 Å². The van der Waals surface area contributed by atoms with Crippen molar-refractivity contribution in [1.82, 2.24) is 5.32 Å². The number of anilines is 1. The molecule has 0 aliphatic rings. The predicted octanol–water partition coefficient (Wildman–Crippen LogP) is 4.81. The number of amides is 2. The van der Waals surface area contributed by atoms with Gasteiger partial charge in [0.15, 0.2) is 0 Å². The lowest BCUT2D eigenvalue weighted by molar-refractivity contribution is -0.123. The minimum absolute atomic E-state index is 0.0812. The third-order valence-electron chi connectivity index (χ3n) is 5.28. The highest BCUT2D eigenvalue weighted by molar-refractivity contribution is 6.08. The van der Waals surface area contributed by atoms with Gasteiger partial charge in [0.2, 0.25) is 11.8 Å². The second kappa shape index (κ2) is 8.03. The van der Waals surface area contributed by atoms with Gasteiger partial charge in [-0.1, -0.05) is 48.0 Å². The number of carbonyl (C=O) groups is 2. The summed E-state index contributed by atoms with van der Waals surface area (Å²) in [6, 6.07) is 16.0. The van der Waals surface area contributed by atoms with Gasteiger partial charge in [-0.2, -0.15) is 0 Å². The quantitative estimate of drug-likeness (QED) is 0.505. The maximum absolute atomic E-state index is 12.5. The zero-order chi connectivity index (χ0) is 21.3. The Hall–Kier alpha value is -3.60. The molecule has 2 amide bonds. The highest BCUT2D eigenvalue weighted by atomic mass is 16.3. The molecule has 30 heavy (non-hydrogen) atoms. The average Bonchev–Trinajstić information content (AvgIpc) is 3.12. The van der Waals surface area contributed by atoms with Gasteiger partial charge in [-0.15, -0.1) is 0 Å². The Kier molecular flexibility index (Phi) is 5.27. The average molecular weight is 400 g/mol. The van der Waals surface area contributed by atoms with E-state index in [0.717, 1.165) is 49.7 Å². The molecule has 4 rings (SSSR count). The van der Waals surface area contributed by atoms with Gasteiger partial charge in [-0.3, -0.25) is 9.59 Å². The molecule has 2 N–H and O–H groups in total. The van der Waals surface area contributed by atoms with Gasteiger partial charge in [0.1, 0.15) is 5.58 Å². The fraction of sp³-hybridized carbons (Fsp3) is 0.200. The van der Waals surface area contributed by atoms with Crippen LogP contribution in [0.3, 0.4) is 0 Å². The molecule has 1 heterocycles. The molecule has 0 radical (unpaired) electrons. The van der Waals surface area contributed by atoms with Gasteiger partial charge >= 0.3 is 0 Å².